The molecule has 0 bridgehead atoms. The van der Waals surface area contributed by atoms with Gasteiger partial charge in [0, 0.05) is 16.7 Å². The Bertz CT molecular complexity index is 773. The van der Waals surface area contributed by atoms with Gasteiger partial charge in [0.1, 0.15) is 0 Å². The molecule has 1 aliphatic rings. The normalized spacial score (nSPS) is 13.7. The Morgan fingerprint density at radius 1 is 0.800 bits per heavy atom. The summed E-state index contributed by atoms with van der Waals surface area (Å²) in [6, 6.07) is 6.78. The zero-order valence-electron chi connectivity index (χ0n) is 18.8. The van der Waals surface area contributed by atoms with E-state index in [9.17, 15) is 14.4 Å². The first-order valence-electron chi connectivity index (χ1n) is 11.6. The van der Waals surface area contributed by atoms with Crippen LogP contribution in [0.4, 0.5) is 0 Å². The van der Waals surface area contributed by atoms with E-state index in [0.29, 0.717) is 23.1 Å². The van der Waals surface area contributed by atoms with Gasteiger partial charge in [-0.1, -0.05) is 103 Å². The average Bonchev–Trinajstić information content (AvgIpc) is 2.74. The second-order valence-corrected chi connectivity index (χ2v) is 8.52. The monoisotopic (exact) mass is 412 g/mol. The highest BCUT2D eigenvalue weighted by Gasteiger charge is 2.34. The average molecular weight is 413 g/mol. The SMILES string of the molecule is CCCCCCCCCCCCC1=C(OC(=O)C(C)C)C(=O)c2ccccc2C1=O. The van der Waals surface area contributed by atoms with Crippen LogP contribution in [0.1, 0.15) is 112 Å². The number of fused-ring (bicyclic) bond motifs is 1. The van der Waals surface area contributed by atoms with Crippen molar-refractivity contribution < 1.29 is 19.1 Å². The summed E-state index contributed by atoms with van der Waals surface area (Å²) in [6.45, 7) is 5.66. The van der Waals surface area contributed by atoms with Crippen molar-refractivity contribution in [3.63, 3.8) is 0 Å². The Morgan fingerprint density at radius 3 is 1.83 bits per heavy atom. The van der Waals surface area contributed by atoms with Crippen LogP contribution in [0.15, 0.2) is 35.6 Å². The van der Waals surface area contributed by atoms with Crippen molar-refractivity contribution in [3.8, 4) is 0 Å². The second kappa shape index (κ2) is 12.5. The molecule has 0 saturated carbocycles. The van der Waals surface area contributed by atoms with Crippen LogP contribution < -0.4 is 0 Å². The molecule has 0 aromatic heterocycles. The van der Waals surface area contributed by atoms with Crippen LogP contribution in [0, 0.1) is 5.92 Å². The molecule has 4 heteroatoms. The van der Waals surface area contributed by atoms with E-state index in [1.54, 1.807) is 38.1 Å². The minimum atomic E-state index is -0.480. The van der Waals surface area contributed by atoms with Gasteiger partial charge in [0.15, 0.2) is 11.5 Å². The molecule has 2 rings (SSSR count). The topological polar surface area (TPSA) is 60.4 Å². The van der Waals surface area contributed by atoms with Gasteiger partial charge < -0.3 is 4.74 Å². The van der Waals surface area contributed by atoms with Gasteiger partial charge in [0.05, 0.1) is 5.92 Å². The van der Waals surface area contributed by atoms with Gasteiger partial charge in [-0.2, -0.15) is 0 Å². The number of esters is 1. The molecule has 4 nitrogen and oxygen atoms in total. The molecule has 1 aromatic carbocycles. The van der Waals surface area contributed by atoms with E-state index in [0.717, 1.165) is 19.3 Å². The van der Waals surface area contributed by atoms with Crippen LogP contribution in [0.2, 0.25) is 0 Å². The fraction of sp³-hybridized carbons (Fsp3) is 0.577. The van der Waals surface area contributed by atoms with Crippen molar-refractivity contribution in [2.45, 2.75) is 91.4 Å². The van der Waals surface area contributed by atoms with E-state index in [-0.39, 0.29) is 23.2 Å². The fourth-order valence-corrected chi connectivity index (χ4v) is 3.75. The molecular formula is C26H36O4. The van der Waals surface area contributed by atoms with E-state index in [4.69, 9.17) is 4.74 Å². The number of carbonyl (C=O) groups excluding carboxylic acids is 3. The molecule has 1 aromatic rings. The van der Waals surface area contributed by atoms with Crippen LogP contribution in [0.5, 0.6) is 0 Å². The summed E-state index contributed by atoms with van der Waals surface area (Å²) in [4.78, 5) is 38.1. The van der Waals surface area contributed by atoms with Gasteiger partial charge in [-0.3, -0.25) is 14.4 Å². The zero-order valence-corrected chi connectivity index (χ0v) is 18.8. The van der Waals surface area contributed by atoms with Crippen molar-refractivity contribution >= 4 is 17.5 Å². The lowest BCUT2D eigenvalue weighted by Crippen LogP contribution is -2.26. The molecule has 0 saturated heterocycles. The third kappa shape index (κ3) is 6.65. The molecule has 164 valence electrons. The van der Waals surface area contributed by atoms with Gasteiger partial charge in [-0.25, -0.2) is 0 Å². The maximum atomic E-state index is 13.0. The molecule has 0 amide bonds. The first-order valence-corrected chi connectivity index (χ1v) is 11.6. The summed E-state index contributed by atoms with van der Waals surface area (Å²) >= 11 is 0. The highest BCUT2D eigenvalue weighted by atomic mass is 16.5. The maximum Gasteiger partial charge on any atom is 0.313 e. The summed E-state index contributed by atoms with van der Waals surface area (Å²) in [5.41, 5.74) is 1.09. The number of carbonyl (C=O) groups is 3. The number of hydrogen-bond donors (Lipinski definition) is 0. The first-order chi connectivity index (χ1) is 14.5. The standard InChI is InChI=1S/C26H36O4/c1-4-5-6-7-8-9-10-11-12-13-18-22-23(27)20-16-14-15-17-21(20)24(28)25(22)30-26(29)19(2)3/h14-17,19H,4-13,18H2,1-3H3. The minimum Gasteiger partial charge on any atom is -0.422 e. The molecule has 0 unspecified atom stereocenters. The number of allylic oxidation sites excluding steroid dienone is 2. The van der Waals surface area contributed by atoms with Crippen molar-refractivity contribution in [1.82, 2.24) is 0 Å². The Kier molecular flexibility index (Phi) is 9.99. The van der Waals surface area contributed by atoms with Crippen LogP contribution in [-0.4, -0.2) is 17.5 Å². The fourth-order valence-electron chi connectivity index (χ4n) is 3.75. The van der Waals surface area contributed by atoms with Gasteiger partial charge in [0.2, 0.25) is 5.78 Å². The lowest BCUT2D eigenvalue weighted by molar-refractivity contribution is -0.142. The van der Waals surface area contributed by atoms with Crippen molar-refractivity contribution in [1.29, 1.82) is 0 Å². The number of hydrogen-bond acceptors (Lipinski definition) is 4. The van der Waals surface area contributed by atoms with E-state index in [2.05, 4.69) is 6.92 Å². The van der Waals surface area contributed by atoms with E-state index in [1.807, 2.05) is 0 Å². The second-order valence-electron chi connectivity index (χ2n) is 8.52. The summed E-state index contributed by atoms with van der Waals surface area (Å²) in [7, 11) is 0. The molecule has 0 heterocycles. The number of rotatable bonds is 13. The van der Waals surface area contributed by atoms with Crippen molar-refractivity contribution in [3.05, 3.63) is 46.7 Å². The van der Waals surface area contributed by atoms with Crippen LogP contribution >= 0.6 is 0 Å². The number of ether oxygens (including phenoxy) is 1. The van der Waals surface area contributed by atoms with Crippen LogP contribution in [0.3, 0.4) is 0 Å². The third-order valence-electron chi connectivity index (χ3n) is 5.63. The molecule has 30 heavy (non-hydrogen) atoms. The Labute approximate surface area is 181 Å². The van der Waals surface area contributed by atoms with Gasteiger partial charge in [0.25, 0.3) is 0 Å². The lowest BCUT2D eigenvalue weighted by atomic mass is 9.85. The number of unbranched alkanes of at least 4 members (excludes halogenated alkanes) is 9. The molecule has 1 aliphatic carbocycles. The van der Waals surface area contributed by atoms with E-state index >= 15 is 0 Å². The molecule has 0 radical (unpaired) electrons. The summed E-state index contributed by atoms with van der Waals surface area (Å²) in [5.74, 6) is -1.45. The minimum absolute atomic E-state index is 0.0617. The molecule has 0 atom stereocenters. The van der Waals surface area contributed by atoms with E-state index < -0.39 is 5.97 Å². The van der Waals surface area contributed by atoms with Crippen LogP contribution in [-0.2, 0) is 9.53 Å². The maximum absolute atomic E-state index is 13.0. The number of benzene rings is 1. The molecule has 0 fully saturated rings. The number of Topliss-reactive ketones (excluding diaryl/α,β-unsaturated/α-hetero) is 2. The molecule has 0 N–H and O–H groups in total. The van der Waals surface area contributed by atoms with Crippen molar-refractivity contribution in [2.24, 2.45) is 5.92 Å². The summed E-state index contributed by atoms with van der Waals surface area (Å²) in [5, 5.41) is 0. The Balaban J connectivity index is 1.95. The zero-order chi connectivity index (χ0) is 21.9. The van der Waals surface area contributed by atoms with Crippen molar-refractivity contribution in [2.75, 3.05) is 0 Å². The largest absolute Gasteiger partial charge is 0.422 e. The van der Waals surface area contributed by atoms with E-state index in [1.165, 1.54) is 44.9 Å². The molecule has 0 spiro atoms. The quantitative estimate of drug-likeness (QED) is 0.263. The predicted molar refractivity (Wildman–Crippen MR) is 120 cm³/mol. The van der Waals surface area contributed by atoms with Gasteiger partial charge in [-0.15, -0.1) is 0 Å². The Morgan fingerprint density at radius 2 is 1.30 bits per heavy atom. The first kappa shape index (κ1) is 24.0. The predicted octanol–water partition coefficient (Wildman–Crippen LogP) is 6.83. The van der Waals surface area contributed by atoms with Gasteiger partial charge >= 0.3 is 5.97 Å². The highest BCUT2D eigenvalue weighted by Crippen LogP contribution is 2.30. The number of ketones is 2. The molecular weight excluding hydrogens is 376 g/mol. The Hall–Kier alpha value is -2.23. The van der Waals surface area contributed by atoms with Gasteiger partial charge in [-0.05, 0) is 12.8 Å². The smallest absolute Gasteiger partial charge is 0.313 e. The summed E-state index contributed by atoms with van der Waals surface area (Å²) < 4.78 is 5.42. The highest BCUT2D eigenvalue weighted by molar-refractivity contribution is 6.26. The lowest BCUT2D eigenvalue weighted by Gasteiger charge is -2.21. The van der Waals surface area contributed by atoms with Crippen LogP contribution in [0.25, 0.3) is 0 Å². The third-order valence-corrected chi connectivity index (χ3v) is 5.63. The molecule has 0 aliphatic heterocycles. The summed E-state index contributed by atoms with van der Waals surface area (Å²) in [6.07, 6.45) is 12.4.